The van der Waals surface area contributed by atoms with Gasteiger partial charge >= 0.3 is 5.97 Å². The Morgan fingerprint density at radius 2 is 2.08 bits per heavy atom. The molecule has 0 amide bonds. The number of rotatable bonds is 3. The number of nitrogens with zero attached hydrogens (tertiary/aromatic N) is 1. The van der Waals surface area contributed by atoms with Gasteiger partial charge < -0.3 is 4.74 Å². The van der Waals surface area contributed by atoms with Gasteiger partial charge in [0.15, 0.2) is 5.41 Å². The molecule has 132 valence electrons. The van der Waals surface area contributed by atoms with Gasteiger partial charge in [-0.15, -0.1) is 0 Å². The summed E-state index contributed by atoms with van der Waals surface area (Å²) in [6.07, 6.45) is 3.41. The Labute approximate surface area is 150 Å². The van der Waals surface area contributed by atoms with Crippen molar-refractivity contribution in [2.45, 2.75) is 52.6 Å². The predicted octanol–water partition coefficient (Wildman–Crippen LogP) is 4.77. The fourth-order valence-corrected chi connectivity index (χ4v) is 4.43. The molecule has 25 heavy (non-hydrogen) atoms. The van der Waals surface area contributed by atoms with Gasteiger partial charge in [0.05, 0.1) is 6.07 Å². The molecule has 0 spiro atoms. The zero-order valence-corrected chi connectivity index (χ0v) is 15.4. The maximum Gasteiger partial charge on any atom is 0.331 e. The van der Waals surface area contributed by atoms with Crippen LogP contribution in [-0.4, -0.2) is 12.1 Å². The molecule has 0 aromatic heterocycles. The highest BCUT2D eigenvalue weighted by Crippen LogP contribution is 2.47. The minimum absolute atomic E-state index is 0.0991. The van der Waals surface area contributed by atoms with Crippen molar-refractivity contribution in [1.82, 2.24) is 0 Å². The smallest absolute Gasteiger partial charge is 0.331 e. The van der Waals surface area contributed by atoms with Crippen LogP contribution in [0.4, 0.5) is 0 Å². The van der Waals surface area contributed by atoms with E-state index in [0.29, 0.717) is 29.7 Å². The average Bonchev–Trinajstić information content (AvgIpc) is 2.88. The minimum atomic E-state index is -1.27. The van der Waals surface area contributed by atoms with Crippen molar-refractivity contribution < 1.29 is 9.53 Å². The molecule has 0 bridgehead atoms. The van der Waals surface area contributed by atoms with Crippen molar-refractivity contribution in [3.05, 3.63) is 42.0 Å². The van der Waals surface area contributed by atoms with Gasteiger partial charge in [-0.1, -0.05) is 58.0 Å². The maximum atomic E-state index is 13.1. The molecule has 0 radical (unpaired) electrons. The zero-order chi connectivity index (χ0) is 18.2. The molecule has 3 nitrogen and oxygen atoms in total. The van der Waals surface area contributed by atoms with Crippen LogP contribution < -0.4 is 0 Å². The summed E-state index contributed by atoms with van der Waals surface area (Å²) in [6, 6.07) is 9.99. The molecule has 0 unspecified atom stereocenters. The van der Waals surface area contributed by atoms with Gasteiger partial charge in [-0.2, -0.15) is 5.26 Å². The molecule has 3 rings (SSSR count). The normalized spacial score (nSPS) is 31.5. The summed E-state index contributed by atoms with van der Waals surface area (Å²) in [5.41, 5.74) is 1.23. The lowest BCUT2D eigenvalue weighted by molar-refractivity contribution is -0.161. The standard InChI is InChI=1S/C22H27NO2/c1-14(2)18-10-9-15(3)11-20(18)25-21(24)22(13-23)12-17-7-5-6-8-19(17)16(22)4/h5-8,14-15,18,20H,4,9-12H2,1-3H3/t15-,18+,20-,22-/m1/s1. The quantitative estimate of drug-likeness (QED) is 0.747. The maximum absolute atomic E-state index is 13.1. The van der Waals surface area contributed by atoms with E-state index in [1.807, 2.05) is 24.3 Å². The van der Waals surface area contributed by atoms with Gasteiger partial charge in [0.2, 0.25) is 0 Å². The third-order valence-electron chi connectivity index (χ3n) is 6.07. The topological polar surface area (TPSA) is 50.1 Å². The lowest BCUT2D eigenvalue weighted by Crippen LogP contribution is -2.40. The first-order valence-corrected chi connectivity index (χ1v) is 9.29. The number of ether oxygens (including phenoxy) is 1. The van der Waals surface area contributed by atoms with Crippen molar-refractivity contribution in [2.75, 3.05) is 0 Å². The molecule has 2 aliphatic carbocycles. The molecule has 0 aliphatic heterocycles. The summed E-state index contributed by atoms with van der Waals surface area (Å²) in [5, 5.41) is 9.87. The van der Waals surface area contributed by atoms with Crippen molar-refractivity contribution in [3.63, 3.8) is 0 Å². The van der Waals surface area contributed by atoms with Crippen molar-refractivity contribution in [3.8, 4) is 6.07 Å². The number of carbonyl (C=O) groups excluding carboxylic acids is 1. The number of esters is 1. The molecule has 1 saturated carbocycles. The van der Waals surface area contributed by atoms with E-state index < -0.39 is 11.4 Å². The average molecular weight is 337 g/mol. The van der Waals surface area contributed by atoms with Crippen LogP contribution in [0.15, 0.2) is 30.8 Å². The number of hydrogen-bond donors (Lipinski definition) is 0. The first kappa shape index (κ1) is 17.7. The minimum Gasteiger partial charge on any atom is -0.461 e. The van der Waals surface area contributed by atoms with Crippen LogP contribution in [0.5, 0.6) is 0 Å². The molecule has 1 aromatic rings. The van der Waals surface area contributed by atoms with Gasteiger partial charge in [-0.25, -0.2) is 4.79 Å². The molecule has 4 atom stereocenters. The van der Waals surface area contributed by atoms with E-state index in [2.05, 4.69) is 33.4 Å². The second-order valence-electron chi connectivity index (χ2n) is 8.10. The van der Waals surface area contributed by atoms with E-state index in [9.17, 15) is 10.1 Å². The second-order valence-corrected chi connectivity index (χ2v) is 8.10. The van der Waals surface area contributed by atoms with Crippen LogP contribution in [0.1, 0.15) is 51.2 Å². The zero-order valence-electron chi connectivity index (χ0n) is 15.4. The van der Waals surface area contributed by atoms with Crippen LogP contribution in [0.2, 0.25) is 0 Å². The highest BCUT2D eigenvalue weighted by molar-refractivity contribution is 5.99. The summed E-state index contributed by atoms with van der Waals surface area (Å²) < 4.78 is 5.99. The van der Waals surface area contributed by atoms with Gasteiger partial charge in [0, 0.05) is 6.42 Å². The Morgan fingerprint density at radius 3 is 2.72 bits per heavy atom. The fourth-order valence-electron chi connectivity index (χ4n) is 4.43. The van der Waals surface area contributed by atoms with Crippen LogP contribution in [0.3, 0.4) is 0 Å². The SMILES string of the molecule is C=C1c2ccccc2C[C@]1(C#N)C(=O)O[C@@H]1C[C@H](C)CC[C@H]1C(C)C. The lowest BCUT2D eigenvalue weighted by Gasteiger charge is -2.38. The Balaban J connectivity index is 1.84. The Hall–Kier alpha value is -2.08. The first-order valence-electron chi connectivity index (χ1n) is 9.29. The Kier molecular flexibility index (Phi) is 4.73. The van der Waals surface area contributed by atoms with Crippen LogP contribution in [0, 0.1) is 34.5 Å². The van der Waals surface area contributed by atoms with E-state index in [1.54, 1.807) is 0 Å². The monoisotopic (exact) mass is 337 g/mol. The van der Waals surface area contributed by atoms with E-state index >= 15 is 0 Å². The summed E-state index contributed by atoms with van der Waals surface area (Å²) in [7, 11) is 0. The van der Waals surface area contributed by atoms with E-state index in [1.165, 1.54) is 6.42 Å². The molecule has 0 N–H and O–H groups in total. The molecular weight excluding hydrogens is 310 g/mol. The largest absolute Gasteiger partial charge is 0.461 e. The second kappa shape index (κ2) is 6.67. The summed E-state index contributed by atoms with van der Waals surface area (Å²) in [4.78, 5) is 13.1. The predicted molar refractivity (Wildman–Crippen MR) is 98.4 cm³/mol. The number of nitriles is 1. The van der Waals surface area contributed by atoms with Crippen molar-refractivity contribution >= 4 is 11.5 Å². The van der Waals surface area contributed by atoms with Crippen molar-refractivity contribution in [2.24, 2.45) is 23.2 Å². The van der Waals surface area contributed by atoms with Gasteiger partial charge in [-0.05, 0) is 47.3 Å². The molecule has 1 aromatic carbocycles. The molecule has 1 fully saturated rings. The molecule has 2 aliphatic rings. The van der Waals surface area contributed by atoms with E-state index in [-0.39, 0.29) is 6.10 Å². The number of fused-ring (bicyclic) bond motifs is 1. The van der Waals surface area contributed by atoms with Crippen molar-refractivity contribution in [1.29, 1.82) is 5.26 Å². The number of hydrogen-bond acceptors (Lipinski definition) is 3. The van der Waals surface area contributed by atoms with Gasteiger partial charge in [0.25, 0.3) is 0 Å². The molecule has 0 saturated heterocycles. The Morgan fingerprint density at radius 1 is 1.36 bits per heavy atom. The fraction of sp³-hybridized carbons (Fsp3) is 0.545. The third-order valence-corrected chi connectivity index (χ3v) is 6.07. The summed E-state index contributed by atoms with van der Waals surface area (Å²) in [6.45, 7) is 10.7. The molecular formula is C22H27NO2. The molecule has 0 heterocycles. The first-order chi connectivity index (χ1) is 11.9. The highest BCUT2D eigenvalue weighted by Gasteiger charge is 2.50. The van der Waals surface area contributed by atoms with Crippen LogP contribution >= 0.6 is 0 Å². The van der Waals surface area contributed by atoms with Gasteiger partial charge in [-0.3, -0.25) is 0 Å². The summed E-state index contributed by atoms with van der Waals surface area (Å²) in [5.74, 6) is 0.969. The summed E-state index contributed by atoms with van der Waals surface area (Å²) >= 11 is 0. The Bertz CT molecular complexity index is 730. The van der Waals surface area contributed by atoms with Crippen LogP contribution in [0.25, 0.3) is 5.57 Å². The van der Waals surface area contributed by atoms with E-state index in [4.69, 9.17) is 4.74 Å². The van der Waals surface area contributed by atoms with E-state index in [0.717, 1.165) is 24.0 Å². The third kappa shape index (κ3) is 2.99. The number of carbonyl (C=O) groups is 1. The number of benzene rings is 1. The lowest BCUT2D eigenvalue weighted by atomic mass is 9.75. The molecule has 3 heteroatoms. The van der Waals surface area contributed by atoms with Gasteiger partial charge in [0.1, 0.15) is 6.10 Å². The van der Waals surface area contributed by atoms with Crippen LogP contribution in [-0.2, 0) is 16.0 Å². The highest BCUT2D eigenvalue weighted by atomic mass is 16.5.